The largest absolute Gasteiger partial charge is 0.497 e. The highest BCUT2D eigenvalue weighted by molar-refractivity contribution is 6.45. The minimum Gasteiger partial charge on any atom is -0.497 e. The van der Waals surface area contributed by atoms with E-state index in [-0.39, 0.29) is 0 Å². The Morgan fingerprint density at radius 2 is 1.81 bits per heavy atom. The highest BCUT2D eigenvalue weighted by Gasteiger charge is 2.25. The summed E-state index contributed by atoms with van der Waals surface area (Å²) in [6.45, 7) is 0. The van der Waals surface area contributed by atoms with Crippen LogP contribution >= 0.6 is 11.6 Å². The summed E-state index contributed by atoms with van der Waals surface area (Å²) in [5.41, 5.74) is 0.921. The fourth-order valence-corrected chi connectivity index (χ4v) is 1.95. The van der Waals surface area contributed by atoms with Crippen LogP contribution < -0.4 is 10.1 Å². The van der Waals surface area contributed by atoms with E-state index in [2.05, 4.69) is 5.32 Å². The van der Waals surface area contributed by atoms with E-state index in [1.807, 2.05) is 0 Å². The van der Waals surface area contributed by atoms with Gasteiger partial charge in [-0.1, -0.05) is 36.4 Å². The van der Waals surface area contributed by atoms with E-state index in [9.17, 15) is 9.59 Å². The van der Waals surface area contributed by atoms with Crippen molar-refractivity contribution in [1.82, 2.24) is 0 Å². The number of Topliss-reactive ketones (excluding diaryl/α,β-unsaturated/α-hetero) is 1. The molecule has 0 fully saturated rings. The molecule has 0 aliphatic rings. The van der Waals surface area contributed by atoms with Crippen molar-refractivity contribution in [3.8, 4) is 5.75 Å². The summed E-state index contributed by atoms with van der Waals surface area (Å²) in [6.07, 6.45) is 0. The number of rotatable bonds is 5. The van der Waals surface area contributed by atoms with Gasteiger partial charge in [-0.05, 0) is 12.1 Å². The Morgan fingerprint density at radius 1 is 1.10 bits per heavy atom. The molecule has 0 aliphatic heterocycles. The monoisotopic (exact) mass is 303 g/mol. The Morgan fingerprint density at radius 3 is 2.48 bits per heavy atom. The Kier molecular flexibility index (Phi) is 4.95. The van der Waals surface area contributed by atoms with Crippen LogP contribution in [0.2, 0.25) is 0 Å². The molecular weight excluding hydrogens is 290 g/mol. The van der Waals surface area contributed by atoms with Gasteiger partial charge in [-0.25, -0.2) is 0 Å². The molecule has 1 unspecified atom stereocenters. The Balaban J connectivity index is 2.07. The molecule has 4 nitrogen and oxygen atoms in total. The zero-order valence-electron chi connectivity index (χ0n) is 11.4. The first kappa shape index (κ1) is 15.1. The molecule has 0 saturated heterocycles. The van der Waals surface area contributed by atoms with Gasteiger partial charge < -0.3 is 10.1 Å². The lowest BCUT2D eigenvalue weighted by Crippen LogP contribution is -2.30. The normalized spacial score (nSPS) is 11.5. The number of carbonyl (C=O) groups is 2. The SMILES string of the molecule is COc1cccc(NC(=O)C(Cl)C(=O)c2ccccc2)c1. The van der Waals surface area contributed by atoms with Crippen LogP contribution in [0, 0.1) is 0 Å². The third kappa shape index (κ3) is 3.83. The Labute approximate surface area is 127 Å². The molecule has 1 N–H and O–H groups in total. The maximum absolute atomic E-state index is 12.1. The molecule has 0 aromatic heterocycles. The van der Waals surface area contributed by atoms with Crippen LogP contribution in [0.5, 0.6) is 5.75 Å². The molecule has 2 aromatic rings. The molecule has 0 aliphatic carbocycles. The van der Waals surface area contributed by atoms with Crippen molar-refractivity contribution in [2.75, 3.05) is 12.4 Å². The van der Waals surface area contributed by atoms with Gasteiger partial charge in [0.1, 0.15) is 5.75 Å². The van der Waals surface area contributed by atoms with Crippen molar-refractivity contribution >= 4 is 29.0 Å². The van der Waals surface area contributed by atoms with Crippen molar-refractivity contribution in [2.45, 2.75) is 5.38 Å². The predicted molar refractivity (Wildman–Crippen MR) is 82.0 cm³/mol. The highest BCUT2D eigenvalue weighted by atomic mass is 35.5. The number of ether oxygens (including phenoxy) is 1. The van der Waals surface area contributed by atoms with Crippen LogP contribution in [0.1, 0.15) is 10.4 Å². The number of methoxy groups -OCH3 is 1. The first-order valence-corrected chi connectivity index (χ1v) is 6.73. The Bertz CT molecular complexity index is 643. The van der Waals surface area contributed by atoms with Crippen LogP contribution in [0.4, 0.5) is 5.69 Å². The molecule has 0 heterocycles. The van der Waals surface area contributed by atoms with Gasteiger partial charge in [-0.2, -0.15) is 0 Å². The number of halogens is 1. The van der Waals surface area contributed by atoms with E-state index in [1.165, 1.54) is 7.11 Å². The fourth-order valence-electron chi connectivity index (χ4n) is 1.77. The van der Waals surface area contributed by atoms with Crippen molar-refractivity contribution in [3.05, 3.63) is 60.2 Å². The van der Waals surface area contributed by atoms with E-state index in [1.54, 1.807) is 54.6 Å². The molecule has 0 bridgehead atoms. The predicted octanol–water partition coefficient (Wildman–Crippen LogP) is 3.12. The second kappa shape index (κ2) is 6.90. The second-order valence-electron chi connectivity index (χ2n) is 4.31. The van der Waals surface area contributed by atoms with Crippen LogP contribution in [0.3, 0.4) is 0 Å². The Hall–Kier alpha value is -2.33. The molecule has 21 heavy (non-hydrogen) atoms. The van der Waals surface area contributed by atoms with E-state index >= 15 is 0 Å². The summed E-state index contributed by atoms with van der Waals surface area (Å²) in [7, 11) is 1.53. The fraction of sp³-hybridized carbons (Fsp3) is 0.125. The lowest BCUT2D eigenvalue weighted by molar-refractivity contribution is -0.115. The third-order valence-corrected chi connectivity index (χ3v) is 3.25. The van der Waals surface area contributed by atoms with E-state index in [0.29, 0.717) is 17.0 Å². The lowest BCUT2D eigenvalue weighted by atomic mass is 10.1. The topological polar surface area (TPSA) is 55.4 Å². The molecule has 0 saturated carbocycles. The standard InChI is InChI=1S/C16H14ClNO3/c1-21-13-9-5-8-12(10-13)18-16(20)14(17)15(19)11-6-3-2-4-7-11/h2-10,14H,1H3,(H,18,20). The first-order chi connectivity index (χ1) is 10.1. The molecule has 2 aromatic carbocycles. The number of benzene rings is 2. The van der Waals surface area contributed by atoms with Gasteiger partial charge in [0.2, 0.25) is 5.91 Å². The molecule has 1 atom stereocenters. The molecule has 108 valence electrons. The van der Waals surface area contributed by atoms with Gasteiger partial charge in [-0.15, -0.1) is 11.6 Å². The van der Waals surface area contributed by atoms with Crippen molar-refractivity contribution in [2.24, 2.45) is 0 Å². The van der Waals surface area contributed by atoms with E-state index in [4.69, 9.17) is 16.3 Å². The number of amides is 1. The smallest absolute Gasteiger partial charge is 0.250 e. The third-order valence-electron chi connectivity index (χ3n) is 2.86. The number of alkyl halides is 1. The summed E-state index contributed by atoms with van der Waals surface area (Å²) in [5.74, 6) is -0.398. The average Bonchev–Trinajstić information content (AvgIpc) is 2.54. The van der Waals surface area contributed by atoms with E-state index in [0.717, 1.165) is 0 Å². The van der Waals surface area contributed by atoms with Gasteiger partial charge in [0.25, 0.3) is 0 Å². The summed E-state index contributed by atoms with van der Waals surface area (Å²) < 4.78 is 5.06. The van der Waals surface area contributed by atoms with Gasteiger partial charge in [-0.3, -0.25) is 9.59 Å². The number of hydrogen-bond acceptors (Lipinski definition) is 3. The minimum absolute atomic E-state index is 0.401. The van der Waals surface area contributed by atoms with Gasteiger partial charge in [0, 0.05) is 17.3 Å². The van der Waals surface area contributed by atoms with Crippen molar-refractivity contribution in [1.29, 1.82) is 0 Å². The second-order valence-corrected chi connectivity index (χ2v) is 4.75. The summed E-state index contributed by atoms with van der Waals surface area (Å²) in [6, 6.07) is 15.3. The number of anilines is 1. The van der Waals surface area contributed by atoms with E-state index < -0.39 is 17.1 Å². The van der Waals surface area contributed by atoms with Crippen LogP contribution in [-0.4, -0.2) is 24.2 Å². The molecule has 1 amide bonds. The molecule has 0 spiro atoms. The van der Waals surface area contributed by atoms with Crippen LogP contribution in [0.15, 0.2) is 54.6 Å². The number of nitrogens with one attached hydrogen (secondary N) is 1. The average molecular weight is 304 g/mol. The summed E-state index contributed by atoms with van der Waals surface area (Å²) >= 11 is 5.95. The quantitative estimate of drug-likeness (QED) is 0.524. The molecule has 0 radical (unpaired) electrons. The number of hydrogen-bond donors (Lipinski definition) is 1. The summed E-state index contributed by atoms with van der Waals surface area (Å²) in [5, 5.41) is 1.32. The summed E-state index contributed by atoms with van der Waals surface area (Å²) in [4.78, 5) is 24.1. The number of ketones is 1. The van der Waals surface area contributed by atoms with Crippen molar-refractivity contribution in [3.63, 3.8) is 0 Å². The number of carbonyl (C=O) groups excluding carboxylic acids is 2. The maximum atomic E-state index is 12.1. The molecular formula is C16H14ClNO3. The van der Waals surface area contributed by atoms with Crippen LogP contribution in [0.25, 0.3) is 0 Å². The van der Waals surface area contributed by atoms with Gasteiger partial charge >= 0.3 is 0 Å². The minimum atomic E-state index is -1.28. The first-order valence-electron chi connectivity index (χ1n) is 6.30. The molecule has 2 rings (SSSR count). The highest BCUT2D eigenvalue weighted by Crippen LogP contribution is 2.18. The molecule has 5 heteroatoms. The van der Waals surface area contributed by atoms with Crippen LogP contribution in [-0.2, 0) is 4.79 Å². The lowest BCUT2D eigenvalue weighted by Gasteiger charge is -2.10. The zero-order valence-corrected chi connectivity index (χ0v) is 12.1. The van der Waals surface area contributed by atoms with Crippen molar-refractivity contribution < 1.29 is 14.3 Å². The van der Waals surface area contributed by atoms with Gasteiger partial charge in [0.15, 0.2) is 11.2 Å². The maximum Gasteiger partial charge on any atom is 0.250 e. The zero-order chi connectivity index (χ0) is 15.2. The van der Waals surface area contributed by atoms with Gasteiger partial charge in [0.05, 0.1) is 7.11 Å².